The van der Waals surface area contributed by atoms with E-state index in [9.17, 15) is 9.18 Å². The fourth-order valence-corrected chi connectivity index (χ4v) is 2.63. The maximum absolute atomic E-state index is 13.6. The average Bonchev–Trinajstić information content (AvgIpc) is 2.53. The lowest BCUT2D eigenvalue weighted by atomic mass is 10.0. The summed E-state index contributed by atoms with van der Waals surface area (Å²) in [5, 5.41) is 6.07. The molecule has 0 heterocycles. The molecule has 0 aliphatic carbocycles. The van der Waals surface area contributed by atoms with Gasteiger partial charge in [0.15, 0.2) is 0 Å². The number of benzene rings is 2. The molecule has 2 N–H and O–H groups in total. The van der Waals surface area contributed by atoms with Gasteiger partial charge >= 0.3 is 0 Å². The van der Waals surface area contributed by atoms with E-state index >= 15 is 0 Å². The molecule has 0 aromatic heterocycles. The molecular formula is C17H17BrClFN2O. The van der Waals surface area contributed by atoms with Crippen molar-refractivity contribution in [2.45, 2.75) is 19.4 Å². The fourth-order valence-electron chi connectivity index (χ4n) is 2.20. The molecule has 0 unspecified atom stereocenters. The van der Waals surface area contributed by atoms with Crippen LogP contribution in [-0.4, -0.2) is 12.5 Å². The Hall–Kier alpha value is -1.43. The van der Waals surface area contributed by atoms with Gasteiger partial charge in [0.05, 0.1) is 12.2 Å². The summed E-state index contributed by atoms with van der Waals surface area (Å²) >= 11 is 9.20. The molecule has 0 radical (unpaired) electrons. The van der Waals surface area contributed by atoms with Crippen molar-refractivity contribution in [2.75, 3.05) is 11.9 Å². The fraction of sp³-hybridized carbons (Fsp3) is 0.235. The summed E-state index contributed by atoms with van der Waals surface area (Å²) in [6.07, 6.45) is 0.834. The molecule has 6 heteroatoms. The molecule has 2 aromatic rings. The maximum atomic E-state index is 13.6. The molecule has 0 aliphatic heterocycles. The van der Waals surface area contributed by atoms with Crippen LogP contribution in [-0.2, 0) is 4.79 Å². The van der Waals surface area contributed by atoms with E-state index in [1.807, 2.05) is 31.2 Å². The first kappa shape index (κ1) is 17.9. The van der Waals surface area contributed by atoms with Crippen LogP contribution < -0.4 is 10.6 Å². The van der Waals surface area contributed by atoms with E-state index in [1.54, 1.807) is 0 Å². The maximum Gasteiger partial charge on any atom is 0.238 e. The second-order valence-electron chi connectivity index (χ2n) is 5.07. The van der Waals surface area contributed by atoms with Gasteiger partial charge in [-0.25, -0.2) is 4.39 Å². The second-order valence-corrected chi connectivity index (χ2v) is 6.42. The Bertz CT molecular complexity index is 679. The minimum atomic E-state index is -0.511. The van der Waals surface area contributed by atoms with Gasteiger partial charge in [0, 0.05) is 15.5 Å². The lowest BCUT2D eigenvalue weighted by Crippen LogP contribution is -2.31. The van der Waals surface area contributed by atoms with Crippen LogP contribution in [0.15, 0.2) is 46.9 Å². The smallest absolute Gasteiger partial charge is 0.238 e. The van der Waals surface area contributed by atoms with E-state index in [4.69, 9.17) is 11.6 Å². The zero-order valence-corrected chi connectivity index (χ0v) is 14.9. The molecule has 2 aromatic carbocycles. The number of hydrogen-bond donors (Lipinski definition) is 2. The van der Waals surface area contributed by atoms with Crippen molar-refractivity contribution in [3.63, 3.8) is 0 Å². The molecule has 3 nitrogen and oxygen atoms in total. The molecular weight excluding hydrogens is 383 g/mol. The number of nitrogens with one attached hydrogen (secondary N) is 2. The lowest BCUT2D eigenvalue weighted by Gasteiger charge is -2.17. The highest BCUT2D eigenvalue weighted by Gasteiger charge is 2.12. The van der Waals surface area contributed by atoms with Crippen molar-refractivity contribution in [3.8, 4) is 0 Å². The molecule has 122 valence electrons. The standard InChI is InChI=1S/C17H17BrClFN2O/c1-2-15(11-3-5-12(18)6-4-11)21-10-17(23)22-16-9-13(19)7-8-14(16)20/h3-9,15,21H,2,10H2,1H3,(H,22,23)/t15-/m1/s1. The molecule has 0 bridgehead atoms. The van der Waals surface area contributed by atoms with Gasteiger partial charge in [-0.05, 0) is 42.3 Å². The Labute approximate surface area is 148 Å². The summed E-state index contributed by atoms with van der Waals surface area (Å²) in [5.41, 5.74) is 1.18. The van der Waals surface area contributed by atoms with Crippen LogP contribution in [0.1, 0.15) is 24.9 Å². The third-order valence-electron chi connectivity index (χ3n) is 3.39. The lowest BCUT2D eigenvalue weighted by molar-refractivity contribution is -0.115. The summed E-state index contributed by atoms with van der Waals surface area (Å²) in [6, 6.07) is 12.0. The van der Waals surface area contributed by atoms with E-state index in [2.05, 4.69) is 26.6 Å². The van der Waals surface area contributed by atoms with Gasteiger partial charge in [0.1, 0.15) is 5.82 Å². The topological polar surface area (TPSA) is 41.1 Å². The van der Waals surface area contributed by atoms with Crippen molar-refractivity contribution < 1.29 is 9.18 Å². The highest BCUT2D eigenvalue weighted by Crippen LogP contribution is 2.20. The highest BCUT2D eigenvalue weighted by molar-refractivity contribution is 9.10. The van der Waals surface area contributed by atoms with Crippen LogP contribution in [0.5, 0.6) is 0 Å². The molecule has 2 rings (SSSR count). The number of carbonyl (C=O) groups is 1. The van der Waals surface area contributed by atoms with Crippen molar-refractivity contribution in [1.29, 1.82) is 0 Å². The minimum Gasteiger partial charge on any atom is -0.322 e. The van der Waals surface area contributed by atoms with Crippen LogP contribution in [0.2, 0.25) is 5.02 Å². The Morgan fingerprint density at radius 3 is 2.61 bits per heavy atom. The summed E-state index contributed by atoms with van der Waals surface area (Å²) in [7, 11) is 0. The number of hydrogen-bond acceptors (Lipinski definition) is 2. The van der Waals surface area contributed by atoms with Crippen LogP contribution in [0.25, 0.3) is 0 Å². The molecule has 0 saturated carbocycles. The summed E-state index contributed by atoms with van der Waals surface area (Å²) in [5.74, 6) is -0.829. The van der Waals surface area contributed by atoms with Gasteiger partial charge in [-0.15, -0.1) is 0 Å². The van der Waals surface area contributed by atoms with E-state index < -0.39 is 5.82 Å². The highest BCUT2D eigenvalue weighted by atomic mass is 79.9. The third-order valence-corrected chi connectivity index (χ3v) is 4.16. The van der Waals surface area contributed by atoms with Gasteiger partial charge in [-0.1, -0.05) is 46.6 Å². The first-order valence-electron chi connectivity index (χ1n) is 7.23. The molecule has 23 heavy (non-hydrogen) atoms. The van der Waals surface area contributed by atoms with Crippen LogP contribution in [0.3, 0.4) is 0 Å². The molecule has 1 atom stereocenters. The largest absolute Gasteiger partial charge is 0.322 e. The summed E-state index contributed by atoms with van der Waals surface area (Å²) < 4.78 is 14.6. The average molecular weight is 400 g/mol. The van der Waals surface area contributed by atoms with E-state index in [-0.39, 0.29) is 24.2 Å². The molecule has 0 spiro atoms. The Morgan fingerprint density at radius 2 is 1.96 bits per heavy atom. The predicted molar refractivity (Wildman–Crippen MR) is 95.2 cm³/mol. The van der Waals surface area contributed by atoms with Gasteiger partial charge in [-0.3, -0.25) is 4.79 Å². The first-order valence-corrected chi connectivity index (χ1v) is 8.40. The SMILES string of the molecule is CC[C@@H](NCC(=O)Nc1cc(Cl)ccc1F)c1ccc(Br)cc1. The zero-order valence-electron chi connectivity index (χ0n) is 12.6. The van der Waals surface area contributed by atoms with Crippen molar-refractivity contribution >= 4 is 39.1 Å². The van der Waals surface area contributed by atoms with Crippen molar-refractivity contribution in [1.82, 2.24) is 5.32 Å². The van der Waals surface area contributed by atoms with Crippen molar-refractivity contribution in [2.24, 2.45) is 0 Å². The van der Waals surface area contributed by atoms with Gasteiger partial charge in [-0.2, -0.15) is 0 Å². The zero-order chi connectivity index (χ0) is 16.8. The first-order chi connectivity index (χ1) is 11.0. The van der Waals surface area contributed by atoms with Gasteiger partial charge in [0.2, 0.25) is 5.91 Å². The Balaban J connectivity index is 1.94. The Morgan fingerprint density at radius 1 is 1.26 bits per heavy atom. The van der Waals surface area contributed by atoms with Crippen LogP contribution in [0, 0.1) is 5.82 Å². The van der Waals surface area contributed by atoms with Crippen molar-refractivity contribution in [3.05, 3.63) is 63.3 Å². The molecule has 0 saturated heterocycles. The van der Waals surface area contributed by atoms with Gasteiger partial charge in [0.25, 0.3) is 0 Å². The van der Waals surface area contributed by atoms with Crippen LogP contribution >= 0.6 is 27.5 Å². The normalized spacial score (nSPS) is 12.0. The second kappa shape index (κ2) is 8.43. The number of carbonyl (C=O) groups excluding carboxylic acids is 1. The quantitative estimate of drug-likeness (QED) is 0.724. The number of amides is 1. The molecule has 0 aliphatic rings. The summed E-state index contributed by atoms with van der Waals surface area (Å²) in [4.78, 5) is 12.0. The number of anilines is 1. The Kier molecular flexibility index (Phi) is 6.57. The molecule has 1 amide bonds. The monoisotopic (exact) mass is 398 g/mol. The number of rotatable bonds is 6. The summed E-state index contributed by atoms with van der Waals surface area (Å²) in [6.45, 7) is 2.12. The van der Waals surface area contributed by atoms with E-state index in [1.165, 1.54) is 18.2 Å². The van der Waals surface area contributed by atoms with E-state index in [0.29, 0.717) is 5.02 Å². The predicted octanol–water partition coefficient (Wildman–Crippen LogP) is 4.92. The third kappa shape index (κ3) is 5.30. The van der Waals surface area contributed by atoms with Crippen LogP contribution in [0.4, 0.5) is 10.1 Å². The number of halogens is 3. The molecule has 0 fully saturated rings. The van der Waals surface area contributed by atoms with Gasteiger partial charge < -0.3 is 10.6 Å². The minimum absolute atomic E-state index is 0.0538. The van der Waals surface area contributed by atoms with E-state index in [0.717, 1.165) is 16.5 Å².